The van der Waals surface area contributed by atoms with Crippen molar-refractivity contribution >= 4 is 34.9 Å². The van der Waals surface area contributed by atoms with Crippen molar-refractivity contribution in [3.63, 3.8) is 0 Å². The van der Waals surface area contributed by atoms with Crippen LogP contribution in [0.3, 0.4) is 0 Å². The zero-order valence-corrected chi connectivity index (χ0v) is 14.5. The maximum atomic E-state index is 12.5. The van der Waals surface area contributed by atoms with Crippen LogP contribution < -0.4 is 15.0 Å². The molecule has 1 fully saturated rings. The lowest BCUT2D eigenvalue weighted by Gasteiger charge is -2.18. The fourth-order valence-electron chi connectivity index (χ4n) is 2.66. The highest BCUT2D eigenvalue weighted by Gasteiger charge is 2.30. The van der Waals surface area contributed by atoms with Crippen molar-refractivity contribution in [1.82, 2.24) is 4.90 Å². The Morgan fingerprint density at radius 2 is 1.88 bits per heavy atom. The lowest BCUT2D eigenvalue weighted by atomic mass is 10.3. The minimum absolute atomic E-state index is 0.0172. The molecule has 6 nitrogen and oxygen atoms in total. The molecule has 0 aliphatic carbocycles. The van der Waals surface area contributed by atoms with Crippen LogP contribution in [0.4, 0.5) is 16.2 Å². The van der Waals surface area contributed by atoms with E-state index in [0.29, 0.717) is 23.8 Å². The molecule has 0 saturated carbocycles. The van der Waals surface area contributed by atoms with Crippen molar-refractivity contribution in [1.29, 1.82) is 0 Å². The molecule has 3 rings (SSSR count). The number of hydrogen-bond acceptors (Lipinski definition) is 3. The van der Waals surface area contributed by atoms with Crippen LogP contribution in [0.1, 0.15) is 0 Å². The number of methoxy groups -OCH3 is 1. The summed E-state index contributed by atoms with van der Waals surface area (Å²) in [5.41, 5.74) is 1.31. The number of anilines is 2. The Morgan fingerprint density at radius 1 is 1.16 bits per heavy atom. The molecule has 25 heavy (non-hydrogen) atoms. The lowest BCUT2D eigenvalue weighted by Crippen LogP contribution is -2.37. The van der Waals surface area contributed by atoms with Gasteiger partial charge >= 0.3 is 6.03 Å². The predicted molar refractivity (Wildman–Crippen MR) is 97.4 cm³/mol. The molecule has 0 radical (unpaired) electrons. The molecule has 130 valence electrons. The molecule has 1 N–H and O–H groups in total. The molecule has 0 atom stereocenters. The summed E-state index contributed by atoms with van der Waals surface area (Å²) < 4.78 is 5.12. The monoisotopic (exact) mass is 359 g/mol. The molecule has 0 bridgehead atoms. The van der Waals surface area contributed by atoms with Crippen molar-refractivity contribution in [2.45, 2.75) is 0 Å². The van der Waals surface area contributed by atoms with Crippen molar-refractivity contribution in [3.8, 4) is 5.75 Å². The third kappa shape index (κ3) is 3.85. The Bertz CT molecular complexity index is 779. The largest absolute Gasteiger partial charge is 0.497 e. The highest BCUT2D eigenvalue weighted by Crippen LogP contribution is 2.24. The van der Waals surface area contributed by atoms with E-state index in [9.17, 15) is 9.59 Å². The summed E-state index contributed by atoms with van der Waals surface area (Å²) in [5, 5.41) is 3.19. The van der Waals surface area contributed by atoms with Crippen LogP contribution in [0, 0.1) is 0 Å². The molecule has 1 saturated heterocycles. The molecule has 0 aromatic heterocycles. The van der Waals surface area contributed by atoms with Gasteiger partial charge in [0.1, 0.15) is 12.3 Å². The fraction of sp³-hybridized carbons (Fsp3) is 0.222. The van der Waals surface area contributed by atoms with Crippen LogP contribution in [0.25, 0.3) is 0 Å². The quantitative estimate of drug-likeness (QED) is 0.891. The minimum Gasteiger partial charge on any atom is -0.497 e. The van der Waals surface area contributed by atoms with Gasteiger partial charge in [0, 0.05) is 18.8 Å². The number of nitrogens with zero attached hydrogens (tertiary/aromatic N) is 2. The van der Waals surface area contributed by atoms with Crippen LogP contribution in [0.15, 0.2) is 48.5 Å². The highest BCUT2D eigenvalue weighted by molar-refractivity contribution is 6.33. The van der Waals surface area contributed by atoms with E-state index in [1.54, 1.807) is 48.4 Å². The van der Waals surface area contributed by atoms with E-state index in [1.807, 2.05) is 12.1 Å². The molecule has 1 aliphatic rings. The Kier molecular flexibility index (Phi) is 5.09. The van der Waals surface area contributed by atoms with E-state index in [0.717, 1.165) is 11.4 Å². The molecule has 1 aliphatic heterocycles. The lowest BCUT2D eigenvalue weighted by molar-refractivity contribution is -0.116. The second-order valence-electron chi connectivity index (χ2n) is 5.58. The summed E-state index contributed by atoms with van der Waals surface area (Å²) in [4.78, 5) is 27.9. The van der Waals surface area contributed by atoms with Crippen molar-refractivity contribution in [2.24, 2.45) is 0 Å². The first-order chi connectivity index (χ1) is 12.1. The Hall–Kier alpha value is -2.73. The summed E-state index contributed by atoms with van der Waals surface area (Å²) >= 11 is 6.03. The number of nitrogens with one attached hydrogen (secondary N) is 1. The first-order valence-electron chi connectivity index (χ1n) is 7.83. The molecule has 0 spiro atoms. The van der Waals surface area contributed by atoms with Gasteiger partial charge in [-0.3, -0.25) is 9.69 Å². The molecular formula is C18H18ClN3O3. The van der Waals surface area contributed by atoms with Gasteiger partial charge in [-0.2, -0.15) is 0 Å². The third-order valence-corrected chi connectivity index (χ3v) is 4.29. The van der Waals surface area contributed by atoms with E-state index >= 15 is 0 Å². The smallest absolute Gasteiger partial charge is 0.325 e. The number of carbonyl (C=O) groups is 2. The number of hydrogen-bond donors (Lipinski definition) is 1. The van der Waals surface area contributed by atoms with Crippen molar-refractivity contribution in [2.75, 3.05) is 37.0 Å². The molecule has 7 heteroatoms. The van der Waals surface area contributed by atoms with Gasteiger partial charge in [0.2, 0.25) is 5.91 Å². The van der Waals surface area contributed by atoms with Gasteiger partial charge in [-0.05, 0) is 36.4 Å². The molecule has 3 amide bonds. The van der Waals surface area contributed by atoms with Crippen LogP contribution in [-0.4, -0.2) is 43.6 Å². The van der Waals surface area contributed by atoms with Crippen LogP contribution in [-0.2, 0) is 4.79 Å². The summed E-state index contributed by atoms with van der Waals surface area (Å²) in [6.07, 6.45) is 0. The van der Waals surface area contributed by atoms with E-state index in [4.69, 9.17) is 16.3 Å². The predicted octanol–water partition coefficient (Wildman–Crippen LogP) is 3.23. The average molecular weight is 360 g/mol. The van der Waals surface area contributed by atoms with Gasteiger partial charge in [0.15, 0.2) is 0 Å². The number of para-hydroxylation sites is 1. The first-order valence-corrected chi connectivity index (χ1v) is 8.21. The van der Waals surface area contributed by atoms with Crippen LogP contribution in [0.5, 0.6) is 5.75 Å². The number of carbonyl (C=O) groups excluding carboxylic acids is 2. The molecule has 0 unspecified atom stereocenters. The molecule has 2 aromatic carbocycles. The molecule has 1 heterocycles. The number of benzene rings is 2. The third-order valence-electron chi connectivity index (χ3n) is 3.96. The number of halogens is 1. The zero-order chi connectivity index (χ0) is 17.8. The standard InChI is InChI=1S/C18H18ClN3O3/c1-25-14-8-6-13(7-9-14)22-11-10-21(18(22)24)12-17(23)20-16-5-3-2-4-15(16)19/h2-9H,10-12H2,1H3,(H,20,23). The molecule has 2 aromatic rings. The van der Waals surface area contributed by atoms with E-state index in [1.165, 1.54) is 4.90 Å². The Balaban J connectivity index is 1.61. The van der Waals surface area contributed by atoms with Gasteiger partial charge < -0.3 is 15.0 Å². The molecular weight excluding hydrogens is 342 g/mol. The average Bonchev–Trinajstić information content (AvgIpc) is 2.97. The van der Waals surface area contributed by atoms with Crippen molar-refractivity contribution in [3.05, 3.63) is 53.6 Å². The van der Waals surface area contributed by atoms with Crippen molar-refractivity contribution < 1.29 is 14.3 Å². The summed E-state index contributed by atoms with van der Waals surface area (Å²) in [6, 6.07) is 14.0. The Labute approximate surface area is 150 Å². The Morgan fingerprint density at radius 3 is 2.56 bits per heavy atom. The van der Waals surface area contributed by atoms with E-state index in [-0.39, 0.29) is 18.5 Å². The normalized spacial score (nSPS) is 13.9. The number of amides is 3. The van der Waals surface area contributed by atoms with Crippen LogP contribution >= 0.6 is 11.6 Å². The second-order valence-corrected chi connectivity index (χ2v) is 5.99. The maximum absolute atomic E-state index is 12.5. The van der Waals surface area contributed by atoms with E-state index < -0.39 is 0 Å². The summed E-state index contributed by atoms with van der Waals surface area (Å²) in [6.45, 7) is 1.00. The van der Waals surface area contributed by atoms with Gasteiger partial charge in [-0.25, -0.2) is 4.79 Å². The maximum Gasteiger partial charge on any atom is 0.325 e. The topological polar surface area (TPSA) is 61.9 Å². The minimum atomic E-state index is -0.280. The van der Waals surface area contributed by atoms with E-state index in [2.05, 4.69) is 5.32 Å². The fourth-order valence-corrected chi connectivity index (χ4v) is 2.84. The van der Waals surface area contributed by atoms with Gasteiger partial charge in [-0.15, -0.1) is 0 Å². The summed E-state index contributed by atoms with van der Waals surface area (Å²) in [7, 11) is 1.59. The van der Waals surface area contributed by atoms with Gasteiger partial charge in [0.05, 0.1) is 17.8 Å². The number of ether oxygens (including phenoxy) is 1. The highest BCUT2D eigenvalue weighted by atomic mass is 35.5. The first kappa shape index (κ1) is 17.1. The zero-order valence-electron chi connectivity index (χ0n) is 13.7. The second kappa shape index (κ2) is 7.44. The number of rotatable bonds is 5. The summed E-state index contributed by atoms with van der Waals surface area (Å²) in [5.74, 6) is 0.449. The SMILES string of the molecule is COc1ccc(N2CCN(CC(=O)Nc3ccccc3Cl)C2=O)cc1. The van der Waals surface area contributed by atoms with Gasteiger partial charge in [0.25, 0.3) is 0 Å². The van der Waals surface area contributed by atoms with Gasteiger partial charge in [-0.1, -0.05) is 23.7 Å². The number of urea groups is 1. The van der Waals surface area contributed by atoms with Crippen LogP contribution in [0.2, 0.25) is 5.02 Å².